The molecule has 0 aliphatic carbocycles. The Kier molecular flexibility index (Phi) is 8.74. The Morgan fingerprint density at radius 3 is 1.97 bits per heavy atom. The second kappa shape index (κ2) is 11.8. The number of esters is 2. The zero-order valence-corrected chi connectivity index (χ0v) is 22.4. The molecule has 0 aromatic heterocycles. The van der Waals surface area contributed by atoms with Crippen molar-refractivity contribution >= 4 is 39.2 Å². The van der Waals surface area contributed by atoms with Gasteiger partial charge in [0.2, 0.25) is 5.91 Å². The highest BCUT2D eigenvalue weighted by Crippen LogP contribution is 2.31. The van der Waals surface area contributed by atoms with Gasteiger partial charge in [-0.1, -0.05) is 18.2 Å². The lowest BCUT2D eigenvalue weighted by molar-refractivity contribution is -0.114. The molecule has 1 amide bonds. The van der Waals surface area contributed by atoms with Gasteiger partial charge in [-0.2, -0.15) is 0 Å². The third kappa shape index (κ3) is 6.30. The van der Waals surface area contributed by atoms with Gasteiger partial charge in [0.25, 0.3) is 10.0 Å². The third-order valence-electron chi connectivity index (χ3n) is 5.52. The fraction of sp³-hybridized carbons (Fsp3) is 0.222. The summed E-state index contributed by atoms with van der Waals surface area (Å²) in [7, 11) is -0.561. The van der Waals surface area contributed by atoms with E-state index in [2.05, 4.69) is 5.32 Å². The third-order valence-corrected chi connectivity index (χ3v) is 7.32. The Morgan fingerprint density at radius 1 is 0.816 bits per heavy atom. The number of hydrogen-bond donors (Lipinski definition) is 1. The van der Waals surface area contributed by atoms with Gasteiger partial charge >= 0.3 is 11.9 Å². The van der Waals surface area contributed by atoms with Gasteiger partial charge in [-0.15, -0.1) is 0 Å². The van der Waals surface area contributed by atoms with Crippen LogP contribution in [0.2, 0.25) is 0 Å². The highest BCUT2D eigenvalue weighted by atomic mass is 32.2. The van der Waals surface area contributed by atoms with Crippen LogP contribution < -0.4 is 14.4 Å². The summed E-state index contributed by atoms with van der Waals surface area (Å²) in [5.41, 5.74) is 1.81. The normalized spacial score (nSPS) is 10.9. The molecule has 0 fully saturated rings. The molecule has 3 aromatic rings. The number of anilines is 2. The number of sulfonamides is 1. The van der Waals surface area contributed by atoms with Gasteiger partial charge < -0.3 is 19.5 Å². The first kappa shape index (κ1) is 28.2. The van der Waals surface area contributed by atoms with Crippen molar-refractivity contribution in [3.63, 3.8) is 0 Å². The van der Waals surface area contributed by atoms with E-state index in [-0.39, 0.29) is 33.1 Å². The average molecular weight is 541 g/mol. The first-order chi connectivity index (χ1) is 18.0. The first-order valence-electron chi connectivity index (χ1n) is 11.4. The van der Waals surface area contributed by atoms with Crippen LogP contribution in [-0.2, 0) is 24.3 Å². The van der Waals surface area contributed by atoms with Gasteiger partial charge in [-0.3, -0.25) is 9.10 Å². The monoisotopic (exact) mass is 540 g/mol. The van der Waals surface area contributed by atoms with Crippen molar-refractivity contribution in [1.29, 1.82) is 0 Å². The Labute approximate surface area is 221 Å². The number of ether oxygens (including phenoxy) is 3. The van der Waals surface area contributed by atoms with Crippen molar-refractivity contribution in [2.24, 2.45) is 0 Å². The smallest absolute Gasteiger partial charge is 0.337 e. The standard InChI is InChI=1S/C27H28N2O8S/c1-17-7-6-8-22(11-17)29(38(33,34)24-12-18(2)9-10-23(24)35-3)16-25(30)28-21-14-19(26(31)36-4)13-20(15-21)27(32)37-5/h6-15H,16H2,1-5H3,(H,28,30). The zero-order valence-electron chi connectivity index (χ0n) is 21.6. The fourth-order valence-electron chi connectivity index (χ4n) is 3.70. The second-order valence-electron chi connectivity index (χ2n) is 8.34. The zero-order chi connectivity index (χ0) is 28.0. The van der Waals surface area contributed by atoms with Crippen LogP contribution in [0.15, 0.2) is 65.6 Å². The molecule has 200 valence electrons. The number of nitrogens with one attached hydrogen (secondary N) is 1. The number of benzene rings is 3. The van der Waals surface area contributed by atoms with Crippen LogP contribution >= 0.6 is 0 Å². The van der Waals surface area contributed by atoms with E-state index in [4.69, 9.17) is 14.2 Å². The minimum absolute atomic E-state index is 0.00152. The Balaban J connectivity index is 2.04. The number of hydrogen-bond acceptors (Lipinski definition) is 8. The largest absolute Gasteiger partial charge is 0.495 e. The van der Waals surface area contributed by atoms with Crippen molar-refractivity contribution in [2.45, 2.75) is 18.7 Å². The highest BCUT2D eigenvalue weighted by molar-refractivity contribution is 7.93. The molecule has 0 radical (unpaired) electrons. The molecule has 1 N–H and O–H groups in total. The van der Waals surface area contributed by atoms with Crippen LogP contribution in [0, 0.1) is 13.8 Å². The van der Waals surface area contributed by atoms with Crippen LogP contribution in [0.5, 0.6) is 5.75 Å². The number of rotatable bonds is 9. The molecule has 3 aromatic carbocycles. The van der Waals surface area contributed by atoms with Crippen LogP contribution in [-0.4, -0.2) is 54.1 Å². The summed E-state index contributed by atoms with van der Waals surface area (Å²) in [5, 5.41) is 2.57. The van der Waals surface area contributed by atoms with E-state index in [0.29, 0.717) is 5.56 Å². The number of nitrogens with zero attached hydrogens (tertiary/aromatic N) is 1. The molecule has 0 aliphatic rings. The Bertz CT molecular complexity index is 1450. The predicted octanol–water partition coefficient (Wildman–Crippen LogP) is 3.72. The summed E-state index contributed by atoms with van der Waals surface area (Å²) in [6.07, 6.45) is 0. The lowest BCUT2D eigenvalue weighted by Gasteiger charge is -2.25. The molecule has 38 heavy (non-hydrogen) atoms. The molecule has 11 heteroatoms. The maximum absolute atomic E-state index is 13.9. The maximum Gasteiger partial charge on any atom is 0.337 e. The van der Waals surface area contributed by atoms with Crippen molar-refractivity contribution in [2.75, 3.05) is 37.5 Å². The second-order valence-corrected chi connectivity index (χ2v) is 10.2. The molecular formula is C27H28N2O8S. The molecule has 0 heterocycles. The fourth-order valence-corrected chi connectivity index (χ4v) is 5.36. The summed E-state index contributed by atoms with van der Waals surface area (Å²) in [6, 6.07) is 15.3. The minimum atomic E-state index is -4.28. The number of carbonyl (C=O) groups excluding carboxylic acids is 3. The van der Waals surface area contributed by atoms with Crippen molar-refractivity contribution in [3.8, 4) is 5.75 Å². The summed E-state index contributed by atoms with van der Waals surface area (Å²) in [5.74, 6) is -2.06. The lowest BCUT2D eigenvalue weighted by Crippen LogP contribution is -2.38. The lowest BCUT2D eigenvalue weighted by atomic mass is 10.1. The summed E-state index contributed by atoms with van der Waals surface area (Å²) in [4.78, 5) is 37.3. The van der Waals surface area contributed by atoms with E-state index in [0.717, 1.165) is 9.87 Å². The molecule has 0 spiro atoms. The summed E-state index contributed by atoms with van der Waals surface area (Å²) in [6.45, 7) is 2.93. The topological polar surface area (TPSA) is 128 Å². The molecule has 0 saturated heterocycles. The average Bonchev–Trinajstić information content (AvgIpc) is 2.90. The minimum Gasteiger partial charge on any atom is -0.495 e. The van der Waals surface area contributed by atoms with Crippen LogP contribution in [0.1, 0.15) is 31.8 Å². The first-order valence-corrected chi connectivity index (χ1v) is 12.8. The molecule has 0 saturated carbocycles. The van der Waals surface area contributed by atoms with Crippen molar-refractivity contribution in [3.05, 3.63) is 82.9 Å². The van der Waals surface area contributed by atoms with E-state index < -0.39 is 34.4 Å². The Hall–Kier alpha value is -4.38. The van der Waals surface area contributed by atoms with Crippen molar-refractivity contribution in [1.82, 2.24) is 0 Å². The predicted molar refractivity (Wildman–Crippen MR) is 141 cm³/mol. The SMILES string of the molecule is COC(=O)c1cc(NC(=O)CN(c2cccc(C)c2)S(=O)(=O)c2cc(C)ccc2OC)cc(C(=O)OC)c1. The highest BCUT2D eigenvalue weighted by Gasteiger charge is 2.30. The van der Waals surface area contributed by atoms with Gasteiger partial charge in [-0.05, 0) is 67.4 Å². The molecule has 10 nitrogen and oxygen atoms in total. The van der Waals surface area contributed by atoms with Gasteiger partial charge in [0.15, 0.2) is 0 Å². The Morgan fingerprint density at radius 2 is 1.42 bits per heavy atom. The maximum atomic E-state index is 13.9. The van der Waals surface area contributed by atoms with Gasteiger partial charge in [0, 0.05) is 5.69 Å². The molecule has 0 unspecified atom stereocenters. The summed E-state index contributed by atoms with van der Waals surface area (Å²) < 4.78 is 43.5. The molecule has 3 rings (SSSR count). The van der Waals surface area contributed by atoms with Gasteiger partial charge in [0.05, 0.1) is 38.1 Å². The van der Waals surface area contributed by atoms with E-state index in [1.807, 2.05) is 0 Å². The number of amides is 1. The molecular weight excluding hydrogens is 512 g/mol. The number of methoxy groups -OCH3 is 3. The van der Waals surface area contributed by atoms with Crippen LogP contribution in [0.25, 0.3) is 0 Å². The van der Waals surface area contributed by atoms with E-state index in [1.165, 1.54) is 45.6 Å². The van der Waals surface area contributed by atoms with E-state index in [1.54, 1.807) is 50.2 Å². The van der Waals surface area contributed by atoms with E-state index >= 15 is 0 Å². The van der Waals surface area contributed by atoms with E-state index in [9.17, 15) is 22.8 Å². The van der Waals surface area contributed by atoms with Crippen LogP contribution in [0.4, 0.5) is 11.4 Å². The summed E-state index contributed by atoms with van der Waals surface area (Å²) >= 11 is 0. The molecule has 0 aliphatic heterocycles. The molecule has 0 atom stereocenters. The van der Waals surface area contributed by atoms with Gasteiger partial charge in [-0.25, -0.2) is 18.0 Å². The van der Waals surface area contributed by atoms with Crippen molar-refractivity contribution < 1.29 is 37.0 Å². The molecule has 0 bridgehead atoms. The number of carbonyl (C=O) groups is 3. The van der Waals surface area contributed by atoms with Gasteiger partial charge in [0.1, 0.15) is 17.2 Å². The quantitative estimate of drug-likeness (QED) is 0.407. The number of aryl methyl sites for hydroxylation is 2. The van der Waals surface area contributed by atoms with Crippen LogP contribution in [0.3, 0.4) is 0 Å².